The van der Waals surface area contributed by atoms with Gasteiger partial charge in [-0.3, -0.25) is 0 Å². The normalized spacial score (nSPS) is 17.6. The van der Waals surface area contributed by atoms with Crippen LogP contribution in [0.2, 0.25) is 0 Å². The largest absolute Gasteiger partial charge is 0.0891 e. The van der Waals surface area contributed by atoms with Gasteiger partial charge in [0.05, 0.1) is 0 Å². The standard InChI is InChI=1S/C10H12/c1-2-4-6-8-10-9-7-5-3-1/h1-6H2. The van der Waals surface area contributed by atoms with Crippen molar-refractivity contribution in [2.45, 2.75) is 38.5 Å². The molecule has 0 fully saturated rings. The van der Waals surface area contributed by atoms with Crippen LogP contribution in [0.5, 0.6) is 0 Å². The van der Waals surface area contributed by atoms with Gasteiger partial charge in [0.1, 0.15) is 0 Å². The molecule has 1 rings (SSSR count). The minimum absolute atomic E-state index is 1.04. The lowest BCUT2D eigenvalue weighted by Crippen LogP contribution is -1.78. The van der Waals surface area contributed by atoms with Crippen LogP contribution in [-0.2, 0) is 0 Å². The average molecular weight is 132 g/mol. The second kappa shape index (κ2) is 4.95. The van der Waals surface area contributed by atoms with Gasteiger partial charge >= 0.3 is 0 Å². The Morgan fingerprint density at radius 2 is 1.10 bits per heavy atom. The predicted molar refractivity (Wildman–Crippen MR) is 43.3 cm³/mol. The first-order chi connectivity index (χ1) is 5.00. The third kappa shape index (κ3) is 3.21. The molecule has 0 amide bonds. The maximum atomic E-state index is 3.03. The van der Waals surface area contributed by atoms with E-state index in [9.17, 15) is 0 Å². The maximum absolute atomic E-state index is 3.03. The fraction of sp³-hybridized carbons (Fsp3) is 0.600. The zero-order valence-corrected chi connectivity index (χ0v) is 6.24. The lowest BCUT2D eigenvalue weighted by molar-refractivity contribution is 0.660. The Kier molecular flexibility index (Phi) is 3.58. The molecule has 10 heavy (non-hydrogen) atoms. The summed E-state index contributed by atoms with van der Waals surface area (Å²) in [4.78, 5) is 0. The van der Waals surface area contributed by atoms with E-state index in [0.717, 1.165) is 12.8 Å². The van der Waals surface area contributed by atoms with Gasteiger partial charge in [0.15, 0.2) is 0 Å². The van der Waals surface area contributed by atoms with Crippen LogP contribution < -0.4 is 0 Å². The Hall–Kier alpha value is -0.880. The summed E-state index contributed by atoms with van der Waals surface area (Å²) in [5, 5.41) is 0. The highest BCUT2D eigenvalue weighted by Crippen LogP contribution is 2.04. The van der Waals surface area contributed by atoms with E-state index >= 15 is 0 Å². The summed E-state index contributed by atoms with van der Waals surface area (Å²) in [6, 6.07) is 0. The van der Waals surface area contributed by atoms with Gasteiger partial charge in [-0.05, 0) is 24.7 Å². The molecule has 0 nitrogen and oxygen atoms in total. The zero-order valence-electron chi connectivity index (χ0n) is 6.24. The van der Waals surface area contributed by atoms with Crippen molar-refractivity contribution in [3.8, 4) is 23.7 Å². The highest BCUT2D eigenvalue weighted by Gasteiger charge is 1.87. The van der Waals surface area contributed by atoms with E-state index in [1.807, 2.05) is 0 Å². The zero-order chi connectivity index (χ0) is 7.07. The first-order valence-electron chi connectivity index (χ1n) is 3.96. The van der Waals surface area contributed by atoms with Crippen molar-refractivity contribution < 1.29 is 0 Å². The summed E-state index contributed by atoms with van der Waals surface area (Å²) in [7, 11) is 0. The van der Waals surface area contributed by atoms with Gasteiger partial charge in [-0.25, -0.2) is 0 Å². The minimum Gasteiger partial charge on any atom is -0.0891 e. The van der Waals surface area contributed by atoms with Crippen molar-refractivity contribution in [2.75, 3.05) is 0 Å². The summed E-state index contributed by atoms with van der Waals surface area (Å²) in [6.45, 7) is 0. The Labute approximate surface area is 63.0 Å². The Bertz CT molecular complexity index is 168. The molecule has 0 N–H and O–H groups in total. The van der Waals surface area contributed by atoms with E-state index in [-0.39, 0.29) is 0 Å². The average Bonchev–Trinajstić information content (AvgIpc) is 2.01. The molecular formula is C10H12. The van der Waals surface area contributed by atoms with Crippen molar-refractivity contribution in [3.63, 3.8) is 0 Å². The smallest absolute Gasteiger partial charge is 0.00989 e. The van der Waals surface area contributed by atoms with Crippen molar-refractivity contribution in [1.82, 2.24) is 0 Å². The molecular weight excluding hydrogens is 120 g/mol. The summed E-state index contributed by atoms with van der Waals surface area (Å²) < 4.78 is 0. The summed E-state index contributed by atoms with van der Waals surface area (Å²) in [6.07, 6.45) is 7.25. The Morgan fingerprint density at radius 3 is 1.60 bits per heavy atom. The van der Waals surface area contributed by atoms with Gasteiger partial charge in [-0.1, -0.05) is 24.7 Å². The van der Waals surface area contributed by atoms with Crippen LogP contribution >= 0.6 is 0 Å². The lowest BCUT2D eigenvalue weighted by atomic mass is 10.1. The molecule has 0 saturated heterocycles. The van der Waals surface area contributed by atoms with Crippen molar-refractivity contribution in [3.05, 3.63) is 0 Å². The molecule has 1 aliphatic carbocycles. The first-order valence-corrected chi connectivity index (χ1v) is 3.96. The molecule has 0 atom stereocenters. The van der Waals surface area contributed by atoms with Gasteiger partial charge < -0.3 is 0 Å². The molecule has 1 aliphatic rings. The van der Waals surface area contributed by atoms with Gasteiger partial charge in [0.25, 0.3) is 0 Å². The molecule has 0 saturated carbocycles. The molecule has 0 aromatic carbocycles. The summed E-state index contributed by atoms with van der Waals surface area (Å²) in [5.74, 6) is 11.8. The molecule has 0 heterocycles. The molecule has 0 heteroatoms. The van der Waals surface area contributed by atoms with Crippen LogP contribution in [0.4, 0.5) is 0 Å². The quantitative estimate of drug-likeness (QED) is 0.444. The Balaban J connectivity index is 2.36. The summed E-state index contributed by atoms with van der Waals surface area (Å²) >= 11 is 0. The fourth-order valence-corrected chi connectivity index (χ4v) is 0.994. The highest BCUT2D eigenvalue weighted by atomic mass is 13.9. The van der Waals surface area contributed by atoms with E-state index in [2.05, 4.69) is 23.7 Å². The molecule has 0 aliphatic heterocycles. The maximum Gasteiger partial charge on any atom is 0.00989 e. The number of hydrogen-bond donors (Lipinski definition) is 0. The molecule has 0 radical (unpaired) electrons. The molecule has 0 aromatic heterocycles. The first kappa shape index (κ1) is 7.23. The Morgan fingerprint density at radius 1 is 0.600 bits per heavy atom. The van der Waals surface area contributed by atoms with Gasteiger partial charge in [0.2, 0.25) is 0 Å². The van der Waals surface area contributed by atoms with E-state index in [0.29, 0.717) is 0 Å². The van der Waals surface area contributed by atoms with E-state index in [4.69, 9.17) is 0 Å². The number of rotatable bonds is 0. The molecule has 0 unspecified atom stereocenters. The molecule has 0 bridgehead atoms. The van der Waals surface area contributed by atoms with Crippen LogP contribution in [0.15, 0.2) is 0 Å². The van der Waals surface area contributed by atoms with Gasteiger partial charge in [-0.2, -0.15) is 0 Å². The third-order valence-electron chi connectivity index (χ3n) is 1.59. The van der Waals surface area contributed by atoms with Crippen LogP contribution in [0.25, 0.3) is 0 Å². The number of hydrogen-bond acceptors (Lipinski definition) is 0. The van der Waals surface area contributed by atoms with Crippen molar-refractivity contribution >= 4 is 0 Å². The van der Waals surface area contributed by atoms with Gasteiger partial charge in [0, 0.05) is 12.8 Å². The van der Waals surface area contributed by atoms with E-state index in [1.165, 1.54) is 25.7 Å². The van der Waals surface area contributed by atoms with Crippen LogP contribution in [0.1, 0.15) is 38.5 Å². The summed E-state index contributed by atoms with van der Waals surface area (Å²) in [5.41, 5.74) is 0. The highest BCUT2D eigenvalue weighted by molar-refractivity contribution is 5.25. The SMILES string of the molecule is C1#CCCCCCCC#C1. The predicted octanol–water partition coefficient (Wildman–Crippen LogP) is 2.35. The van der Waals surface area contributed by atoms with Crippen LogP contribution in [-0.4, -0.2) is 0 Å². The van der Waals surface area contributed by atoms with Crippen LogP contribution in [0, 0.1) is 23.7 Å². The monoisotopic (exact) mass is 132 g/mol. The van der Waals surface area contributed by atoms with E-state index in [1.54, 1.807) is 0 Å². The second-order valence-electron chi connectivity index (χ2n) is 2.52. The minimum atomic E-state index is 1.04. The van der Waals surface area contributed by atoms with Crippen molar-refractivity contribution in [1.29, 1.82) is 0 Å². The molecule has 0 spiro atoms. The molecule has 0 aromatic rings. The lowest BCUT2D eigenvalue weighted by Gasteiger charge is -1.94. The fourth-order valence-electron chi connectivity index (χ4n) is 0.994. The third-order valence-corrected chi connectivity index (χ3v) is 1.59. The topological polar surface area (TPSA) is 0 Å². The van der Waals surface area contributed by atoms with Crippen LogP contribution in [0.3, 0.4) is 0 Å². The van der Waals surface area contributed by atoms with Gasteiger partial charge in [-0.15, -0.1) is 0 Å². The van der Waals surface area contributed by atoms with Crippen molar-refractivity contribution in [2.24, 2.45) is 0 Å². The molecule has 52 valence electrons. The second-order valence-corrected chi connectivity index (χ2v) is 2.52. The van der Waals surface area contributed by atoms with E-state index < -0.39 is 0 Å².